The maximum atomic E-state index is 13.3. The summed E-state index contributed by atoms with van der Waals surface area (Å²) in [5.74, 6) is 2.87. The van der Waals surface area contributed by atoms with Crippen molar-refractivity contribution in [3.63, 3.8) is 0 Å². The SMILES string of the molecule is C#CCN1CC(=O)N2[C@@H](CCSC)C(=O)N(CC)C[C@@H]2N1C(=O)NCc1ccccc1.Fc1ccccc1. The fourth-order valence-corrected chi connectivity index (χ4v) is 4.96. The summed E-state index contributed by atoms with van der Waals surface area (Å²) in [7, 11) is 0. The third-order valence-electron chi connectivity index (χ3n) is 6.31. The molecule has 2 atom stereocenters. The number of hydrogen-bond donors (Lipinski definition) is 1. The minimum absolute atomic E-state index is 0.0331. The monoisotopic (exact) mass is 539 g/mol. The van der Waals surface area contributed by atoms with E-state index in [4.69, 9.17) is 6.42 Å². The van der Waals surface area contributed by atoms with Crippen molar-refractivity contribution in [1.82, 2.24) is 25.1 Å². The minimum atomic E-state index is -0.588. The first-order chi connectivity index (χ1) is 18.4. The van der Waals surface area contributed by atoms with E-state index in [1.807, 2.05) is 43.5 Å². The highest BCUT2D eigenvalue weighted by atomic mass is 32.2. The van der Waals surface area contributed by atoms with Crippen molar-refractivity contribution in [1.29, 1.82) is 0 Å². The zero-order valence-electron chi connectivity index (χ0n) is 21.8. The number of amides is 4. The third-order valence-corrected chi connectivity index (χ3v) is 6.95. The number of carbonyl (C=O) groups excluding carboxylic acids is 3. The van der Waals surface area contributed by atoms with Gasteiger partial charge in [-0.3, -0.25) is 9.59 Å². The molecule has 2 aromatic rings. The summed E-state index contributed by atoms with van der Waals surface area (Å²) < 4.78 is 11.9. The highest BCUT2D eigenvalue weighted by Gasteiger charge is 2.50. The van der Waals surface area contributed by atoms with Crippen molar-refractivity contribution in [2.24, 2.45) is 0 Å². The second-order valence-electron chi connectivity index (χ2n) is 8.77. The molecular formula is C28H34FN5O3S. The number of fused-ring (bicyclic) bond motifs is 1. The van der Waals surface area contributed by atoms with E-state index in [0.717, 1.165) is 11.3 Å². The molecule has 1 N–H and O–H groups in total. The van der Waals surface area contributed by atoms with Crippen LogP contribution in [0.1, 0.15) is 18.9 Å². The lowest BCUT2D eigenvalue weighted by molar-refractivity contribution is -0.188. The predicted octanol–water partition coefficient (Wildman–Crippen LogP) is 3.03. The van der Waals surface area contributed by atoms with Crippen LogP contribution in [0.3, 0.4) is 0 Å². The van der Waals surface area contributed by atoms with E-state index in [-0.39, 0.29) is 43.3 Å². The summed E-state index contributed by atoms with van der Waals surface area (Å²) in [6, 6.07) is 16.6. The molecule has 202 valence electrons. The van der Waals surface area contributed by atoms with E-state index < -0.39 is 12.2 Å². The van der Waals surface area contributed by atoms with Crippen LogP contribution in [0.15, 0.2) is 60.7 Å². The maximum absolute atomic E-state index is 13.3. The summed E-state index contributed by atoms with van der Waals surface area (Å²) in [4.78, 5) is 42.7. The average molecular weight is 540 g/mol. The van der Waals surface area contributed by atoms with Crippen molar-refractivity contribution in [2.45, 2.75) is 32.1 Å². The number of urea groups is 1. The molecule has 38 heavy (non-hydrogen) atoms. The first-order valence-corrected chi connectivity index (χ1v) is 13.9. The van der Waals surface area contributed by atoms with E-state index in [1.54, 1.807) is 44.8 Å². The number of nitrogens with one attached hydrogen (secondary N) is 1. The molecule has 10 heteroatoms. The molecule has 0 aliphatic carbocycles. The topological polar surface area (TPSA) is 76.2 Å². The van der Waals surface area contributed by atoms with Crippen LogP contribution >= 0.6 is 11.8 Å². The Labute approximate surface area is 228 Å². The van der Waals surface area contributed by atoms with E-state index in [2.05, 4.69) is 11.2 Å². The third kappa shape index (κ3) is 7.27. The molecule has 2 saturated heterocycles. The van der Waals surface area contributed by atoms with Crippen LogP contribution < -0.4 is 5.32 Å². The first kappa shape index (κ1) is 29.0. The number of carbonyl (C=O) groups is 3. The Morgan fingerprint density at radius 2 is 1.79 bits per heavy atom. The summed E-state index contributed by atoms with van der Waals surface area (Å²) in [5, 5.41) is 6.07. The molecule has 4 rings (SSSR count). The lowest BCUT2D eigenvalue weighted by atomic mass is 10.0. The van der Waals surface area contributed by atoms with Gasteiger partial charge in [-0.25, -0.2) is 14.2 Å². The highest BCUT2D eigenvalue weighted by Crippen LogP contribution is 2.28. The summed E-state index contributed by atoms with van der Waals surface area (Å²) in [5.41, 5.74) is 0.969. The molecule has 0 unspecified atom stereocenters. The van der Waals surface area contributed by atoms with Gasteiger partial charge in [0.15, 0.2) is 0 Å². The fourth-order valence-electron chi connectivity index (χ4n) is 4.50. The number of hydrogen-bond acceptors (Lipinski definition) is 5. The van der Waals surface area contributed by atoms with Crippen LogP contribution in [0.25, 0.3) is 0 Å². The molecule has 0 spiro atoms. The van der Waals surface area contributed by atoms with Crippen LogP contribution in [0.4, 0.5) is 9.18 Å². The molecule has 0 saturated carbocycles. The number of halogens is 1. The number of hydrazine groups is 1. The van der Waals surface area contributed by atoms with Gasteiger partial charge >= 0.3 is 6.03 Å². The van der Waals surface area contributed by atoms with Gasteiger partial charge in [-0.05, 0) is 43.0 Å². The molecule has 2 aromatic carbocycles. The maximum Gasteiger partial charge on any atom is 0.334 e. The van der Waals surface area contributed by atoms with Gasteiger partial charge in [0.1, 0.15) is 18.0 Å². The fraction of sp³-hybridized carbons (Fsp3) is 0.393. The number of likely N-dealkylation sites (N-methyl/N-ethyl adjacent to an activating group) is 1. The number of thioether (sulfide) groups is 1. The predicted molar refractivity (Wildman–Crippen MR) is 147 cm³/mol. The second kappa shape index (κ2) is 14.4. The van der Waals surface area contributed by atoms with Gasteiger partial charge in [0.2, 0.25) is 11.8 Å². The number of nitrogens with zero attached hydrogens (tertiary/aromatic N) is 4. The van der Waals surface area contributed by atoms with Crippen LogP contribution in [0.5, 0.6) is 0 Å². The second-order valence-corrected chi connectivity index (χ2v) is 9.75. The lowest BCUT2D eigenvalue weighted by Crippen LogP contribution is -2.76. The van der Waals surface area contributed by atoms with E-state index in [1.165, 1.54) is 17.1 Å². The molecule has 4 amide bonds. The summed E-state index contributed by atoms with van der Waals surface area (Å²) in [6.07, 6.45) is 7.46. The van der Waals surface area contributed by atoms with Gasteiger partial charge in [0, 0.05) is 13.1 Å². The van der Waals surface area contributed by atoms with Gasteiger partial charge in [-0.2, -0.15) is 16.8 Å². The largest absolute Gasteiger partial charge is 0.337 e. The Balaban J connectivity index is 0.000000494. The van der Waals surface area contributed by atoms with Gasteiger partial charge in [-0.15, -0.1) is 6.42 Å². The molecule has 8 nitrogen and oxygen atoms in total. The molecule has 0 bridgehead atoms. The molecule has 2 heterocycles. The minimum Gasteiger partial charge on any atom is -0.337 e. The van der Waals surface area contributed by atoms with Crippen LogP contribution in [0.2, 0.25) is 0 Å². The molecule has 0 radical (unpaired) electrons. The van der Waals surface area contributed by atoms with E-state index >= 15 is 0 Å². The Kier molecular flexibility index (Phi) is 11.0. The molecular weight excluding hydrogens is 505 g/mol. The Morgan fingerprint density at radius 1 is 1.13 bits per heavy atom. The zero-order chi connectivity index (χ0) is 27.5. The van der Waals surface area contributed by atoms with Crippen LogP contribution in [0, 0.1) is 18.2 Å². The normalized spacial score (nSPS) is 19.3. The number of terminal acetylenes is 1. The summed E-state index contributed by atoms with van der Waals surface area (Å²) >= 11 is 1.63. The molecule has 2 fully saturated rings. The smallest absolute Gasteiger partial charge is 0.334 e. The highest BCUT2D eigenvalue weighted by molar-refractivity contribution is 7.98. The number of benzene rings is 2. The standard InChI is InChI=1S/C22H29N5O3S.C6H5F/c1-4-12-25-16-20(28)26-18(11-13-31-3)21(29)24(5-2)15-19(26)27(25)22(30)23-14-17-9-7-6-8-10-17;7-6-4-2-1-3-5-6/h1,6-10,18-19H,5,11-16H2,2-3H3,(H,23,30);1-5H/t18-,19-;/m0./s1. The molecule has 2 aliphatic heterocycles. The first-order valence-electron chi connectivity index (χ1n) is 12.5. The molecule has 0 aromatic heterocycles. The van der Waals surface area contributed by atoms with E-state index in [0.29, 0.717) is 19.5 Å². The average Bonchev–Trinajstić information content (AvgIpc) is 2.92. The van der Waals surface area contributed by atoms with Gasteiger partial charge in [0.25, 0.3) is 0 Å². The Hall–Kier alpha value is -3.55. The van der Waals surface area contributed by atoms with E-state index in [9.17, 15) is 18.8 Å². The van der Waals surface area contributed by atoms with Gasteiger partial charge in [-0.1, -0.05) is 54.5 Å². The van der Waals surface area contributed by atoms with Crippen molar-refractivity contribution >= 4 is 29.6 Å². The Morgan fingerprint density at radius 3 is 2.34 bits per heavy atom. The van der Waals surface area contributed by atoms with Crippen molar-refractivity contribution in [3.05, 3.63) is 72.0 Å². The zero-order valence-corrected chi connectivity index (χ0v) is 22.6. The summed E-state index contributed by atoms with van der Waals surface area (Å²) in [6.45, 7) is 3.13. The van der Waals surface area contributed by atoms with Crippen LogP contribution in [-0.4, -0.2) is 88.1 Å². The van der Waals surface area contributed by atoms with Crippen molar-refractivity contribution in [2.75, 3.05) is 38.2 Å². The molecule has 2 aliphatic rings. The lowest BCUT2D eigenvalue weighted by Gasteiger charge is -2.54. The Bertz CT molecular complexity index is 1110. The number of piperazine rings is 1. The van der Waals surface area contributed by atoms with Crippen molar-refractivity contribution in [3.8, 4) is 12.3 Å². The van der Waals surface area contributed by atoms with Crippen LogP contribution in [-0.2, 0) is 16.1 Å². The van der Waals surface area contributed by atoms with Gasteiger partial charge in [0.05, 0.1) is 19.6 Å². The number of rotatable bonds is 7. The quantitative estimate of drug-likeness (QED) is 0.548. The van der Waals surface area contributed by atoms with Gasteiger partial charge < -0.3 is 15.1 Å². The van der Waals surface area contributed by atoms with Crippen molar-refractivity contribution < 1.29 is 18.8 Å².